The number of nitrogens with one attached hydrogen (secondary N) is 1. The molecule has 88 valence electrons. The van der Waals surface area contributed by atoms with Crippen LogP contribution in [-0.2, 0) is 0 Å². The van der Waals surface area contributed by atoms with Crippen LogP contribution in [0.5, 0.6) is 0 Å². The molecule has 0 aromatic heterocycles. The van der Waals surface area contributed by atoms with Gasteiger partial charge in [-0.1, -0.05) is 0 Å². The Hall–Kier alpha value is -2.13. The molecule has 17 heavy (non-hydrogen) atoms. The minimum Gasteiger partial charge on any atom is -0.394 e. The van der Waals surface area contributed by atoms with E-state index in [4.69, 9.17) is 5.26 Å². The minimum atomic E-state index is -0.538. The summed E-state index contributed by atoms with van der Waals surface area (Å²) in [4.78, 5) is 10.0. The molecule has 6 heteroatoms. The number of nitro groups is 1. The maximum Gasteiger partial charge on any atom is 0.270 e. The molecule has 1 fully saturated rings. The van der Waals surface area contributed by atoms with Gasteiger partial charge in [0.2, 0.25) is 0 Å². The first-order valence-electron chi connectivity index (χ1n) is 5.18. The molecule has 1 aromatic rings. The molecule has 1 saturated carbocycles. The number of aliphatic hydroxyl groups is 1. The van der Waals surface area contributed by atoms with Crippen molar-refractivity contribution in [3.05, 3.63) is 33.9 Å². The van der Waals surface area contributed by atoms with E-state index in [2.05, 4.69) is 5.32 Å². The van der Waals surface area contributed by atoms with Crippen molar-refractivity contribution in [2.45, 2.75) is 18.4 Å². The van der Waals surface area contributed by atoms with Crippen LogP contribution in [0.4, 0.5) is 11.4 Å². The highest BCUT2D eigenvalue weighted by atomic mass is 16.6. The fraction of sp³-hybridized carbons (Fsp3) is 0.364. The third kappa shape index (κ3) is 2.19. The van der Waals surface area contributed by atoms with Gasteiger partial charge in [0.15, 0.2) is 0 Å². The second-order valence-electron chi connectivity index (χ2n) is 4.16. The van der Waals surface area contributed by atoms with Crippen LogP contribution in [0.15, 0.2) is 18.2 Å². The Morgan fingerprint density at radius 2 is 2.29 bits per heavy atom. The van der Waals surface area contributed by atoms with E-state index in [0.29, 0.717) is 5.69 Å². The molecule has 0 radical (unpaired) electrons. The van der Waals surface area contributed by atoms with Crippen LogP contribution in [0.3, 0.4) is 0 Å². The first kappa shape index (κ1) is 11.4. The van der Waals surface area contributed by atoms with E-state index in [9.17, 15) is 15.2 Å². The van der Waals surface area contributed by atoms with Crippen LogP contribution in [-0.4, -0.2) is 22.2 Å². The Morgan fingerprint density at radius 3 is 2.76 bits per heavy atom. The molecule has 2 rings (SSSR count). The summed E-state index contributed by atoms with van der Waals surface area (Å²) < 4.78 is 0. The second kappa shape index (κ2) is 4.03. The van der Waals surface area contributed by atoms with Crippen molar-refractivity contribution in [1.29, 1.82) is 5.26 Å². The lowest BCUT2D eigenvalue weighted by Gasteiger charge is -2.16. The Balaban J connectivity index is 2.29. The smallest absolute Gasteiger partial charge is 0.270 e. The zero-order valence-electron chi connectivity index (χ0n) is 9.01. The lowest BCUT2D eigenvalue weighted by atomic mass is 10.1. The maximum absolute atomic E-state index is 10.6. The molecule has 1 aliphatic carbocycles. The lowest BCUT2D eigenvalue weighted by molar-refractivity contribution is -0.384. The van der Waals surface area contributed by atoms with Crippen molar-refractivity contribution in [1.82, 2.24) is 0 Å². The van der Waals surface area contributed by atoms with Crippen LogP contribution < -0.4 is 5.32 Å². The standard InChI is InChI=1S/C11H11N3O3/c12-6-8-5-9(14(16)17)1-2-10(8)13-11(7-15)3-4-11/h1-2,5,13,15H,3-4,7H2. The fourth-order valence-corrected chi connectivity index (χ4v) is 1.61. The van der Waals surface area contributed by atoms with Crippen molar-refractivity contribution in [2.75, 3.05) is 11.9 Å². The number of benzene rings is 1. The average Bonchev–Trinajstić information content (AvgIpc) is 3.10. The molecule has 0 atom stereocenters. The SMILES string of the molecule is N#Cc1cc([N+](=O)[O-])ccc1NC1(CO)CC1. The normalized spacial score (nSPS) is 16.0. The van der Waals surface area contributed by atoms with Gasteiger partial charge in [0.05, 0.1) is 28.3 Å². The van der Waals surface area contributed by atoms with Crippen LogP contribution >= 0.6 is 0 Å². The molecule has 0 amide bonds. The minimum absolute atomic E-state index is 0.00510. The largest absolute Gasteiger partial charge is 0.394 e. The fourth-order valence-electron chi connectivity index (χ4n) is 1.61. The number of nitrogens with zero attached hydrogens (tertiary/aromatic N) is 2. The number of anilines is 1. The molecule has 2 N–H and O–H groups in total. The topological polar surface area (TPSA) is 99.2 Å². The number of non-ortho nitro benzene ring substituents is 1. The molecule has 0 unspecified atom stereocenters. The van der Waals surface area contributed by atoms with Gasteiger partial charge in [0, 0.05) is 12.1 Å². The van der Waals surface area contributed by atoms with E-state index in [1.807, 2.05) is 6.07 Å². The van der Waals surface area contributed by atoms with Gasteiger partial charge in [0.25, 0.3) is 5.69 Å². The molecule has 1 aromatic carbocycles. The van der Waals surface area contributed by atoms with Gasteiger partial charge < -0.3 is 10.4 Å². The van der Waals surface area contributed by atoms with E-state index < -0.39 is 4.92 Å². The third-order valence-electron chi connectivity index (χ3n) is 2.89. The highest BCUT2D eigenvalue weighted by Crippen LogP contribution is 2.39. The molecular formula is C11H11N3O3. The summed E-state index contributed by atoms with van der Waals surface area (Å²) in [6, 6.07) is 6.00. The molecule has 0 saturated heterocycles. The second-order valence-corrected chi connectivity index (χ2v) is 4.16. The van der Waals surface area contributed by atoms with Gasteiger partial charge >= 0.3 is 0 Å². The van der Waals surface area contributed by atoms with Gasteiger partial charge in [-0.3, -0.25) is 10.1 Å². The Morgan fingerprint density at radius 1 is 1.59 bits per heavy atom. The van der Waals surface area contributed by atoms with Crippen molar-refractivity contribution in [3.63, 3.8) is 0 Å². The summed E-state index contributed by atoms with van der Waals surface area (Å²) in [7, 11) is 0. The first-order valence-corrected chi connectivity index (χ1v) is 5.18. The lowest BCUT2D eigenvalue weighted by Crippen LogP contribution is -2.26. The number of hydrogen-bond donors (Lipinski definition) is 2. The Kier molecular flexibility index (Phi) is 2.69. The molecule has 6 nitrogen and oxygen atoms in total. The van der Waals surface area contributed by atoms with Crippen LogP contribution in [0.25, 0.3) is 0 Å². The summed E-state index contributed by atoms with van der Waals surface area (Å²) in [5.41, 5.74) is 0.298. The summed E-state index contributed by atoms with van der Waals surface area (Å²) in [6.45, 7) is -0.00510. The third-order valence-corrected chi connectivity index (χ3v) is 2.89. The predicted octanol–water partition coefficient (Wildman–Crippen LogP) is 1.40. The zero-order chi connectivity index (χ0) is 12.5. The van der Waals surface area contributed by atoms with Crippen LogP contribution in [0.2, 0.25) is 0 Å². The van der Waals surface area contributed by atoms with Crippen LogP contribution in [0, 0.1) is 21.4 Å². The number of rotatable bonds is 4. The molecule has 0 spiro atoms. The quantitative estimate of drug-likeness (QED) is 0.605. The first-order chi connectivity index (χ1) is 8.10. The van der Waals surface area contributed by atoms with Gasteiger partial charge in [0.1, 0.15) is 6.07 Å². The number of aliphatic hydroxyl groups excluding tert-OH is 1. The summed E-state index contributed by atoms with van der Waals surface area (Å²) in [5.74, 6) is 0. The van der Waals surface area contributed by atoms with E-state index in [1.165, 1.54) is 18.2 Å². The van der Waals surface area contributed by atoms with Gasteiger partial charge in [-0.15, -0.1) is 0 Å². The summed E-state index contributed by atoms with van der Waals surface area (Å²) >= 11 is 0. The van der Waals surface area contributed by atoms with Gasteiger partial charge in [-0.25, -0.2) is 0 Å². The van der Waals surface area contributed by atoms with Gasteiger partial charge in [-0.2, -0.15) is 5.26 Å². The monoisotopic (exact) mass is 233 g/mol. The van der Waals surface area contributed by atoms with Crippen LogP contribution in [0.1, 0.15) is 18.4 Å². The predicted molar refractivity (Wildman–Crippen MR) is 60.5 cm³/mol. The van der Waals surface area contributed by atoms with E-state index in [1.54, 1.807) is 0 Å². The van der Waals surface area contributed by atoms with Gasteiger partial charge in [-0.05, 0) is 18.9 Å². The Labute approximate surface area is 97.6 Å². The number of hydrogen-bond acceptors (Lipinski definition) is 5. The number of nitriles is 1. The van der Waals surface area contributed by atoms with Crippen molar-refractivity contribution in [3.8, 4) is 6.07 Å². The van der Waals surface area contributed by atoms with E-state index >= 15 is 0 Å². The molecular weight excluding hydrogens is 222 g/mol. The van der Waals surface area contributed by atoms with Crippen molar-refractivity contribution < 1.29 is 10.0 Å². The summed E-state index contributed by atoms with van der Waals surface area (Å²) in [5, 5.41) is 31.7. The molecule has 0 heterocycles. The zero-order valence-corrected chi connectivity index (χ0v) is 9.01. The van der Waals surface area contributed by atoms with Crippen molar-refractivity contribution in [2.24, 2.45) is 0 Å². The molecule has 0 bridgehead atoms. The number of nitro benzene ring substituents is 1. The Bertz CT molecular complexity index is 503. The highest BCUT2D eigenvalue weighted by Gasteiger charge is 2.42. The average molecular weight is 233 g/mol. The van der Waals surface area contributed by atoms with E-state index in [0.717, 1.165) is 12.8 Å². The maximum atomic E-state index is 10.6. The molecule has 0 aliphatic heterocycles. The molecule has 1 aliphatic rings. The van der Waals surface area contributed by atoms with Crippen molar-refractivity contribution >= 4 is 11.4 Å². The highest BCUT2D eigenvalue weighted by molar-refractivity contribution is 5.63. The van der Waals surface area contributed by atoms with E-state index in [-0.39, 0.29) is 23.4 Å². The summed E-state index contributed by atoms with van der Waals surface area (Å²) in [6.07, 6.45) is 1.68.